The van der Waals surface area contributed by atoms with Crippen LogP contribution in [0.25, 0.3) is 0 Å². The molecule has 1 aromatic rings. The molecule has 3 nitrogen and oxygen atoms in total. The van der Waals surface area contributed by atoms with Crippen molar-refractivity contribution in [2.24, 2.45) is 0 Å². The van der Waals surface area contributed by atoms with Crippen LogP contribution >= 0.6 is 11.8 Å². The minimum absolute atomic E-state index is 0.203. The third kappa shape index (κ3) is 3.51. The molecule has 0 saturated carbocycles. The fourth-order valence-corrected chi connectivity index (χ4v) is 3.68. The fourth-order valence-electron chi connectivity index (χ4n) is 2.36. The molecule has 1 saturated heterocycles. The highest BCUT2D eigenvalue weighted by Gasteiger charge is 2.33. The molecule has 1 atom stereocenters. The number of carbonyl (C=O) groups is 1. The van der Waals surface area contributed by atoms with Crippen molar-refractivity contribution >= 4 is 17.7 Å². The van der Waals surface area contributed by atoms with E-state index in [0.717, 1.165) is 13.1 Å². The summed E-state index contributed by atoms with van der Waals surface area (Å²) in [5.41, 5.74) is 2.55. The molecule has 0 spiro atoms. The van der Waals surface area contributed by atoms with Gasteiger partial charge in [-0.3, -0.25) is 4.79 Å². The number of nitrogens with two attached hydrogens (primary N) is 1. The van der Waals surface area contributed by atoms with Crippen molar-refractivity contribution in [3.05, 3.63) is 35.4 Å². The van der Waals surface area contributed by atoms with E-state index in [1.54, 1.807) is 11.8 Å². The van der Waals surface area contributed by atoms with Gasteiger partial charge in [-0.25, -0.2) is 0 Å². The number of benzene rings is 1. The van der Waals surface area contributed by atoms with Crippen LogP contribution in [0, 0.1) is 6.92 Å². The molecule has 0 unspecified atom stereocenters. The van der Waals surface area contributed by atoms with Gasteiger partial charge < -0.3 is 10.2 Å². The SMILES string of the molecule is Cc1ccccc1[C@H]1SCC(=O)N1CC[NH2+]C(C)C. The molecule has 1 aliphatic rings. The molecule has 1 aliphatic heterocycles. The van der Waals surface area contributed by atoms with E-state index >= 15 is 0 Å². The molecule has 1 amide bonds. The van der Waals surface area contributed by atoms with E-state index in [0.29, 0.717) is 11.8 Å². The zero-order chi connectivity index (χ0) is 13.8. The Morgan fingerprint density at radius 1 is 1.42 bits per heavy atom. The van der Waals surface area contributed by atoms with E-state index < -0.39 is 0 Å². The zero-order valence-electron chi connectivity index (χ0n) is 11.9. The van der Waals surface area contributed by atoms with Gasteiger partial charge in [0.2, 0.25) is 5.91 Å². The average molecular weight is 279 g/mol. The van der Waals surface area contributed by atoms with Gasteiger partial charge in [-0.05, 0) is 31.9 Å². The highest BCUT2D eigenvalue weighted by molar-refractivity contribution is 8.00. The number of amides is 1. The Kier molecular flexibility index (Phi) is 4.88. The Bertz CT molecular complexity index is 448. The Balaban J connectivity index is 2.07. The number of thioether (sulfide) groups is 1. The van der Waals surface area contributed by atoms with Crippen LogP contribution in [0.4, 0.5) is 0 Å². The van der Waals surface area contributed by atoms with Crippen LogP contribution in [0.5, 0.6) is 0 Å². The largest absolute Gasteiger partial charge is 0.343 e. The molecule has 0 bridgehead atoms. The van der Waals surface area contributed by atoms with Crippen LogP contribution in [0.1, 0.15) is 30.3 Å². The van der Waals surface area contributed by atoms with Crippen LogP contribution < -0.4 is 5.32 Å². The molecule has 0 radical (unpaired) electrons. The second-order valence-corrected chi connectivity index (χ2v) is 6.44. The van der Waals surface area contributed by atoms with Crippen molar-refractivity contribution in [2.75, 3.05) is 18.8 Å². The molecule has 0 aliphatic carbocycles. The summed E-state index contributed by atoms with van der Waals surface area (Å²) in [4.78, 5) is 14.1. The van der Waals surface area contributed by atoms with Crippen LogP contribution in [0.3, 0.4) is 0 Å². The zero-order valence-corrected chi connectivity index (χ0v) is 12.7. The minimum atomic E-state index is 0.203. The van der Waals surface area contributed by atoms with Crippen molar-refractivity contribution in [2.45, 2.75) is 32.2 Å². The second-order valence-electron chi connectivity index (χ2n) is 5.38. The van der Waals surface area contributed by atoms with Crippen LogP contribution in [-0.4, -0.2) is 35.7 Å². The molecule has 2 rings (SSSR count). The third-order valence-electron chi connectivity index (χ3n) is 3.43. The lowest BCUT2D eigenvalue weighted by molar-refractivity contribution is -0.682. The van der Waals surface area contributed by atoms with Gasteiger partial charge in [0.1, 0.15) is 5.37 Å². The van der Waals surface area contributed by atoms with Crippen LogP contribution in [0.2, 0.25) is 0 Å². The summed E-state index contributed by atoms with van der Waals surface area (Å²) < 4.78 is 0. The van der Waals surface area contributed by atoms with E-state index in [1.165, 1.54) is 11.1 Å². The standard InChI is InChI=1S/C15H22N2OS/c1-11(2)16-8-9-17-14(18)10-19-15(17)13-7-5-4-6-12(13)3/h4-7,11,15-16H,8-10H2,1-3H3/p+1/t15-/m1/s1. The third-order valence-corrected chi connectivity index (χ3v) is 4.67. The lowest BCUT2D eigenvalue weighted by Gasteiger charge is -2.25. The Morgan fingerprint density at radius 2 is 2.16 bits per heavy atom. The van der Waals surface area contributed by atoms with Gasteiger partial charge in [0.05, 0.1) is 24.9 Å². The van der Waals surface area contributed by atoms with Crippen molar-refractivity contribution in [3.8, 4) is 0 Å². The molecule has 0 aromatic heterocycles. The van der Waals surface area contributed by atoms with E-state index in [1.807, 2.05) is 4.90 Å². The quantitative estimate of drug-likeness (QED) is 0.888. The minimum Gasteiger partial charge on any atom is -0.343 e. The smallest absolute Gasteiger partial charge is 0.234 e. The van der Waals surface area contributed by atoms with Gasteiger partial charge in [0.15, 0.2) is 0 Å². The lowest BCUT2D eigenvalue weighted by atomic mass is 10.1. The molecular weight excluding hydrogens is 256 g/mol. The van der Waals surface area contributed by atoms with E-state index in [-0.39, 0.29) is 11.3 Å². The van der Waals surface area contributed by atoms with Gasteiger partial charge in [-0.1, -0.05) is 24.3 Å². The summed E-state index contributed by atoms with van der Waals surface area (Å²) in [6.45, 7) is 8.30. The normalized spacial score (nSPS) is 19.5. The summed E-state index contributed by atoms with van der Waals surface area (Å²) in [6, 6.07) is 8.96. The Hall–Kier alpha value is -1.00. The number of quaternary nitrogens is 1. The summed E-state index contributed by atoms with van der Waals surface area (Å²) in [6.07, 6.45) is 0. The Morgan fingerprint density at radius 3 is 2.84 bits per heavy atom. The number of carbonyl (C=O) groups excluding carboxylic acids is 1. The van der Waals surface area contributed by atoms with Gasteiger partial charge in [0, 0.05) is 0 Å². The number of hydrogen-bond donors (Lipinski definition) is 1. The van der Waals surface area contributed by atoms with Crippen LogP contribution in [-0.2, 0) is 4.79 Å². The van der Waals surface area contributed by atoms with E-state index in [9.17, 15) is 4.79 Å². The maximum Gasteiger partial charge on any atom is 0.234 e. The van der Waals surface area contributed by atoms with Crippen molar-refractivity contribution in [1.82, 2.24) is 4.90 Å². The summed E-state index contributed by atoms with van der Waals surface area (Å²) >= 11 is 1.75. The monoisotopic (exact) mass is 279 g/mol. The maximum absolute atomic E-state index is 12.0. The predicted molar refractivity (Wildman–Crippen MR) is 80.0 cm³/mol. The molecular formula is C15H23N2OS+. The van der Waals surface area contributed by atoms with Crippen molar-refractivity contribution in [3.63, 3.8) is 0 Å². The van der Waals surface area contributed by atoms with Crippen molar-refractivity contribution in [1.29, 1.82) is 0 Å². The summed E-state index contributed by atoms with van der Waals surface area (Å²) in [5, 5.41) is 2.49. The first-order chi connectivity index (χ1) is 9.09. The molecule has 1 fully saturated rings. The van der Waals surface area contributed by atoms with E-state index in [2.05, 4.69) is 50.4 Å². The number of nitrogens with zero attached hydrogens (tertiary/aromatic N) is 1. The molecule has 2 N–H and O–H groups in total. The molecule has 4 heteroatoms. The van der Waals surface area contributed by atoms with Crippen molar-refractivity contribution < 1.29 is 10.1 Å². The highest BCUT2D eigenvalue weighted by atomic mass is 32.2. The first kappa shape index (κ1) is 14.4. The first-order valence-electron chi connectivity index (χ1n) is 6.89. The lowest BCUT2D eigenvalue weighted by Crippen LogP contribution is -2.89. The fraction of sp³-hybridized carbons (Fsp3) is 0.533. The van der Waals surface area contributed by atoms with Gasteiger partial charge in [-0.15, -0.1) is 11.8 Å². The number of hydrogen-bond acceptors (Lipinski definition) is 2. The average Bonchev–Trinajstić information content (AvgIpc) is 2.72. The van der Waals surface area contributed by atoms with Crippen LogP contribution in [0.15, 0.2) is 24.3 Å². The predicted octanol–water partition coefficient (Wildman–Crippen LogP) is 1.54. The molecule has 104 valence electrons. The van der Waals surface area contributed by atoms with E-state index in [4.69, 9.17) is 0 Å². The molecule has 1 heterocycles. The number of aryl methyl sites for hydroxylation is 1. The second kappa shape index (κ2) is 6.44. The first-order valence-corrected chi connectivity index (χ1v) is 7.94. The van der Waals surface area contributed by atoms with Gasteiger partial charge in [-0.2, -0.15) is 0 Å². The number of rotatable bonds is 5. The van der Waals surface area contributed by atoms with Gasteiger partial charge in [0.25, 0.3) is 0 Å². The highest BCUT2D eigenvalue weighted by Crippen LogP contribution is 2.39. The molecule has 19 heavy (non-hydrogen) atoms. The molecule has 1 aromatic carbocycles. The summed E-state index contributed by atoms with van der Waals surface area (Å²) in [5.74, 6) is 0.885. The van der Waals surface area contributed by atoms with Gasteiger partial charge >= 0.3 is 0 Å². The summed E-state index contributed by atoms with van der Waals surface area (Å²) in [7, 11) is 0. The Labute approximate surface area is 119 Å². The maximum atomic E-state index is 12.0. The topological polar surface area (TPSA) is 36.9 Å².